The molecule has 2 heterocycles. The van der Waals surface area contributed by atoms with E-state index in [0.29, 0.717) is 5.39 Å². The minimum Gasteiger partial charge on any atom is -0.471 e. The summed E-state index contributed by atoms with van der Waals surface area (Å²) in [6, 6.07) is 8.80. The predicted molar refractivity (Wildman–Crippen MR) is 91.0 cm³/mol. The number of carbonyl (C=O) groups is 1. The third-order valence-corrected chi connectivity index (χ3v) is 3.64. The fourth-order valence-corrected chi connectivity index (χ4v) is 2.25. The Morgan fingerprint density at radius 1 is 1.18 bits per heavy atom. The minimum atomic E-state index is -4.30. The van der Waals surface area contributed by atoms with Crippen LogP contribution < -0.4 is 15.6 Å². The topological polar surface area (TPSA) is 97.0 Å². The highest BCUT2D eigenvalue weighted by Gasteiger charge is 2.41. The van der Waals surface area contributed by atoms with Crippen LogP contribution in [0, 0.1) is 0 Å². The predicted octanol–water partition coefficient (Wildman–Crippen LogP) is 2.85. The number of carbonyl (C=O) groups excluding carboxylic acids is 1. The van der Waals surface area contributed by atoms with E-state index in [2.05, 4.69) is 25.2 Å². The molecule has 0 aliphatic carbocycles. The van der Waals surface area contributed by atoms with Gasteiger partial charge in [-0.25, -0.2) is 18.9 Å². The first-order valence-electron chi connectivity index (χ1n) is 7.81. The number of ether oxygens (including phenoxy) is 1. The van der Waals surface area contributed by atoms with E-state index in [9.17, 15) is 27.2 Å². The summed E-state index contributed by atoms with van der Waals surface area (Å²) in [6.45, 7) is -1.53. The number of alkyl halides is 4. The Morgan fingerprint density at radius 2 is 1.89 bits per heavy atom. The van der Waals surface area contributed by atoms with E-state index in [1.165, 1.54) is 12.1 Å². The zero-order valence-corrected chi connectivity index (χ0v) is 14.0. The van der Waals surface area contributed by atoms with E-state index in [1.807, 2.05) is 0 Å². The summed E-state index contributed by atoms with van der Waals surface area (Å²) in [5.41, 5.74) is -0.307. The Balaban J connectivity index is 1.72. The molecule has 0 unspecified atom stereocenters. The van der Waals surface area contributed by atoms with Crippen LogP contribution in [0.25, 0.3) is 10.8 Å². The summed E-state index contributed by atoms with van der Waals surface area (Å²) in [6.07, 6.45) is -2.76. The van der Waals surface area contributed by atoms with Crippen molar-refractivity contribution in [3.63, 3.8) is 0 Å². The Hall–Kier alpha value is -3.50. The fourth-order valence-electron chi connectivity index (χ4n) is 2.25. The number of nitrogens with zero attached hydrogens (tertiary/aromatic N) is 2. The Bertz CT molecular complexity index is 1050. The molecule has 1 amide bonds. The number of aromatic amines is 1. The lowest BCUT2D eigenvalue weighted by molar-refractivity contribution is -0.148. The van der Waals surface area contributed by atoms with Gasteiger partial charge in [-0.05, 0) is 12.1 Å². The minimum absolute atomic E-state index is 0.0351. The molecular weight excluding hydrogens is 384 g/mol. The largest absolute Gasteiger partial charge is 0.471 e. The quantitative estimate of drug-likeness (QED) is 0.625. The van der Waals surface area contributed by atoms with Crippen molar-refractivity contribution in [2.24, 2.45) is 0 Å². The average Bonchev–Trinajstić information content (AvgIpc) is 2.68. The van der Waals surface area contributed by atoms with E-state index >= 15 is 0 Å². The number of amides is 1. The molecule has 146 valence electrons. The number of benzene rings is 1. The summed E-state index contributed by atoms with van der Waals surface area (Å²) in [4.78, 5) is 27.8. The molecule has 0 bridgehead atoms. The number of fused-ring (bicyclic) bond motifs is 1. The number of H-pyrrole nitrogens is 1. The van der Waals surface area contributed by atoms with Crippen LogP contribution in [0.4, 0.5) is 23.2 Å². The molecule has 0 radical (unpaired) electrons. The van der Waals surface area contributed by atoms with Crippen LogP contribution in [0.2, 0.25) is 0 Å². The zero-order valence-electron chi connectivity index (χ0n) is 14.0. The van der Waals surface area contributed by atoms with Crippen LogP contribution in [0.3, 0.4) is 0 Å². The van der Waals surface area contributed by atoms with E-state index < -0.39 is 30.4 Å². The van der Waals surface area contributed by atoms with E-state index in [1.54, 1.807) is 18.2 Å². The second-order valence-electron chi connectivity index (χ2n) is 5.64. The van der Waals surface area contributed by atoms with Gasteiger partial charge in [-0.1, -0.05) is 18.2 Å². The van der Waals surface area contributed by atoms with Crippen molar-refractivity contribution >= 4 is 22.4 Å². The van der Waals surface area contributed by atoms with E-state index in [4.69, 9.17) is 0 Å². The van der Waals surface area contributed by atoms with Crippen molar-refractivity contribution in [1.82, 2.24) is 15.2 Å². The van der Waals surface area contributed by atoms with Crippen molar-refractivity contribution in [2.75, 3.05) is 11.9 Å². The van der Waals surface area contributed by atoms with Crippen molar-refractivity contribution in [1.29, 1.82) is 0 Å². The normalized spacial score (nSPS) is 11.6. The summed E-state index contributed by atoms with van der Waals surface area (Å²) >= 11 is 0. The number of rotatable bonds is 6. The molecule has 0 aliphatic rings. The number of anilines is 1. The molecular formula is C17H12F4N4O3. The molecule has 28 heavy (non-hydrogen) atoms. The lowest BCUT2D eigenvalue weighted by atomic mass is 10.1. The molecule has 0 saturated carbocycles. The number of hydrogen-bond donors (Lipinski definition) is 2. The summed E-state index contributed by atoms with van der Waals surface area (Å²) < 4.78 is 54.4. The lowest BCUT2D eigenvalue weighted by Crippen LogP contribution is -2.33. The van der Waals surface area contributed by atoms with Gasteiger partial charge in [0.15, 0.2) is 12.3 Å². The third kappa shape index (κ3) is 4.08. The van der Waals surface area contributed by atoms with Gasteiger partial charge < -0.3 is 10.1 Å². The molecule has 11 heteroatoms. The molecule has 0 fully saturated rings. The second kappa shape index (κ2) is 7.62. The van der Waals surface area contributed by atoms with E-state index in [0.717, 1.165) is 12.3 Å². The molecule has 0 spiro atoms. The summed E-state index contributed by atoms with van der Waals surface area (Å²) in [7, 11) is 0. The molecule has 3 rings (SSSR count). The van der Waals surface area contributed by atoms with Crippen LogP contribution in [0.1, 0.15) is 10.5 Å². The molecule has 7 nitrogen and oxygen atoms in total. The van der Waals surface area contributed by atoms with Crippen LogP contribution in [-0.4, -0.2) is 40.0 Å². The van der Waals surface area contributed by atoms with Gasteiger partial charge in [0.25, 0.3) is 11.5 Å². The smallest absolute Gasteiger partial charge is 0.340 e. The van der Waals surface area contributed by atoms with Gasteiger partial charge >= 0.3 is 12.3 Å². The van der Waals surface area contributed by atoms with Gasteiger partial charge in [-0.3, -0.25) is 9.59 Å². The third-order valence-electron chi connectivity index (χ3n) is 3.64. The number of hydrogen-bond acceptors (Lipinski definition) is 5. The molecule has 2 N–H and O–H groups in total. The highest BCUT2D eigenvalue weighted by molar-refractivity contribution is 6.10. The van der Waals surface area contributed by atoms with Gasteiger partial charge in [0, 0.05) is 11.5 Å². The molecule has 0 aliphatic heterocycles. The molecule has 0 atom stereocenters. The summed E-state index contributed by atoms with van der Waals surface area (Å²) in [5, 5.41) is 9.07. The highest BCUT2D eigenvalue weighted by atomic mass is 19.3. The van der Waals surface area contributed by atoms with Gasteiger partial charge in [-0.15, -0.1) is 0 Å². The van der Waals surface area contributed by atoms with Crippen molar-refractivity contribution < 1.29 is 27.1 Å². The maximum atomic E-state index is 12.8. The maximum absolute atomic E-state index is 12.8. The average molecular weight is 396 g/mol. The molecule has 3 aromatic rings. The van der Waals surface area contributed by atoms with Crippen LogP contribution in [0.5, 0.6) is 5.88 Å². The first-order valence-corrected chi connectivity index (χ1v) is 7.81. The Labute approximate surface area is 154 Å². The number of pyridine rings is 1. The summed E-state index contributed by atoms with van der Waals surface area (Å²) in [5.74, 6) is -5.26. The van der Waals surface area contributed by atoms with Gasteiger partial charge in [-0.2, -0.15) is 13.9 Å². The Morgan fingerprint density at radius 3 is 2.54 bits per heavy atom. The fraction of sp³-hybridized carbons (Fsp3) is 0.176. The number of aromatic nitrogens is 3. The van der Waals surface area contributed by atoms with Gasteiger partial charge in [0.05, 0.1) is 17.3 Å². The van der Waals surface area contributed by atoms with Crippen molar-refractivity contribution in [3.05, 3.63) is 58.6 Å². The first kappa shape index (κ1) is 19.3. The number of halogens is 4. The van der Waals surface area contributed by atoms with Crippen LogP contribution >= 0.6 is 0 Å². The lowest BCUT2D eigenvalue weighted by Gasteiger charge is -2.15. The monoisotopic (exact) mass is 396 g/mol. The Kier molecular flexibility index (Phi) is 5.25. The standard InChI is InChI=1S/C17H12F4N4O3/c18-16(19)17(20,21)8-28-12-6-5-9(7-22-12)23-15(27)13-10-3-1-2-4-11(10)14(26)25-24-13/h1-7,16H,8H2,(H,23,27)(H,25,26). The van der Waals surface area contributed by atoms with Crippen molar-refractivity contribution in [3.8, 4) is 5.88 Å². The van der Waals surface area contributed by atoms with Crippen LogP contribution in [-0.2, 0) is 0 Å². The van der Waals surface area contributed by atoms with Gasteiger partial charge in [0.1, 0.15) is 0 Å². The molecule has 2 aromatic heterocycles. The van der Waals surface area contributed by atoms with Crippen molar-refractivity contribution in [2.45, 2.75) is 12.3 Å². The SMILES string of the molecule is O=C(Nc1ccc(OCC(F)(F)C(F)F)nc1)c1n[nH]c(=O)c2ccccc12. The number of nitrogens with one attached hydrogen (secondary N) is 2. The molecule has 0 saturated heterocycles. The zero-order chi connectivity index (χ0) is 20.3. The van der Waals surface area contributed by atoms with Gasteiger partial charge in [0.2, 0.25) is 5.88 Å². The maximum Gasteiger partial charge on any atom is 0.340 e. The second-order valence-corrected chi connectivity index (χ2v) is 5.64. The highest BCUT2D eigenvalue weighted by Crippen LogP contribution is 2.24. The van der Waals surface area contributed by atoms with Crippen LogP contribution in [0.15, 0.2) is 47.4 Å². The van der Waals surface area contributed by atoms with E-state index in [-0.39, 0.29) is 22.6 Å². The first-order chi connectivity index (χ1) is 13.3. The molecule has 1 aromatic carbocycles.